The summed E-state index contributed by atoms with van der Waals surface area (Å²) in [5, 5.41) is 0.625. The highest BCUT2D eigenvalue weighted by atomic mass is 32.2. The Kier molecular flexibility index (Phi) is 7.16. The summed E-state index contributed by atoms with van der Waals surface area (Å²) in [6.07, 6.45) is 3.85. The van der Waals surface area contributed by atoms with Crippen LogP contribution in [0.5, 0.6) is 0 Å². The van der Waals surface area contributed by atoms with Crippen molar-refractivity contribution in [1.82, 2.24) is 13.9 Å². The van der Waals surface area contributed by atoms with Crippen molar-refractivity contribution in [1.29, 1.82) is 0 Å². The first-order valence-corrected chi connectivity index (χ1v) is 14.4. The van der Waals surface area contributed by atoms with Gasteiger partial charge in [0, 0.05) is 31.0 Å². The molecule has 0 N–H and O–H groups in total. The Labute approximate surface area is 208 Å². The number of sulfonamides is 1. The Hall–Kier alpha value is -2.01. The van der Waals surface area contributed by atoms with Crippen molar-refractivity contribution in [3.63, 3.8) is 0 Å². The number of halogens is 2. The summed E-state index contributed by atoms with van der Waals surface area (Å²) in [6, 6.07) is 9.21. The van der Waals surface area contributed by atoms with Gasteiger partial charge in [-0.15, -0.1) is 0 Å². The Bertz CT molecular complexity index is 1320. The van der Waals surface area contributed by atoms with E-state index in [4.69, 9.17) is 9.72 Å². The average molecular weight is 522 g/mol. The average Bonchev–Trinajstić information content (AvgIpc) is 3.48. The molecule has 2 aliphatic heterocycles. The number of hydrogen-bond acceptors (Lipinski definition) is 5. The predicted molar refractivity (Wildman–Crippen MR) is 132 cm³/mol. The van der Waals surface area contributed by atoms with Gasteiger partial charge < -0.3 is 9.30 Å². The molecule has 0 amide bonds. The zero-order valence-electron chi connectivity index (χ0n) is 19.6. The lowest BCUT2D eigenvalue weighted by atomic mass is 10.0. The van der Waals surface area contributed by atoms with Gasteiger partial charge in [0.15, 0.2) is 16.8 Å². The molecule has 2 aromatic carbocycles. The molecule has 0 bridgehead atoms. The molecule has 0 spiro atoms. The van der Waals surface area contributed by atoms with Crippen molar-refractivity contribution in [3.8, 4) is 0 Å². The van der Waals surface area contributed by atoms with E-state index in [9.17, 15) is 17.2 Å². The lowest BCUT2D eigenvalue weighted by Gasteiger charge is -2.30. The molecule has 2 atom stereocenters. The highest BCUT2D eigenvalue weighted by molar-refractivity contribution is 7.98. The second-order valence-electron chi connectivity index (χ2n) is 9.40. The van der Waals surface area contributed by atoms with Crippen LogP contribution in [0.1, 0.15) is 38.2 Å². The first-order valence-electron chi connectivity index (χ1n) is 12.0. The van der Waals surface area contributed by atoms with E-state index in [1.54, 1.807) is 28.6 Å². The third-order valence-electron chi connectivity index (χ3n) is 6.74. The smallest absolute Gasteiger partial charge is 0.243 e. The first-order chi connectivity index (χ1) is 16.8. The van der Waals surface area contributed by atoms with Crippen LogP contribution in [-0.4, -0.2) is 48.1 Å². The molecule has 0 aliphatic carbocycles. The van der Waals surface area contributed by atoms with E-state index in [0.29, 0.717) is 42.8 Å². The summed E-state index contributed by atoms with van der Waals surface area (Å²) in [4.78, 5) is 4.96. The van der Waals surface area contributed by atoms with E-state index >= 15 is 0 Å². The maximum absolute atomic E-state index is 14.2. The van der Waals surface area contributed by atoms with Gasteiger partial charge in [-0.1, -0.05) is 30.8 Å². The second kappa shape index (κ2) is 10.2. The monoisotopic (exact) mass is 521 g/mol. The van der Waals surface area contributed by atoms with E-state index in [-0.39, 0.29) is 22.3 Å². The van der Waals surface area contributed by atoms with E-state index in [1.807, 2.05) is 4.57 Å². The minimum absolute atomic E-state index is 0.0379. The number of ether oxygens (including phenoxy) is 1. The summed E-state index contributed by atoms with van der Waals surface area (Å²) in [7, 11) is -3.62. The second-order valence-corrected chi connectivity index (χ2v) is 12.3. The zero-order chi connectivity index (χ0) is 24.6. The molecule has 3 heterocycles. The molecule has 2 aliphatic rings. The lowest BCUT2D eigenvalue weighted by molar-refractivity contribution is 0.0960. The fourth-order valence-corrected chi connectivity index (χ4v) is 7.46. The molecule has 5 rings (SSSR count). The molecular weight excluding hydrogens is 492 g/mol. The van der Waals surface area contributed by atoms with Gasteiger partial charge in [-0.25, -0.2) is 22.2 Å². The molecule has 6 nitrogen and oxygen atoms in total. The topological polar surface area (TPSA) is 64.4 Å². The number of nitrogens with zero attached hydrogens (tertiary/aromatic N) is 3. The maximum atomic E-state index is 14.2. The van der Waals surface area contributed by atoms with Gasteiger partial charge in [-0.3, -0.25) is 0 Å². The largest absolute Gasteiger partial charge is 0.376 e. The summed E-state index contributed by atoms with van der Waals surface area (Å²) < 4.78 is 63.9. The number of aromatic nitrogens is 2. The zero-order valence-corrected chi connectivity index (χ0v) is 21.3. The number of thioether (sulfide) groups is 1. The summed E-state index contributed by atoms with van der Waals surface area (Å²) in [6.45, 7) is 4.40. The SMILES string of the molecule is C[C@@H]1CCCN(S(=O)(=O)c2ccc3c(c2)nc(SCc2cccc(F)c2F)n3C[C@@H]2CCCO2)C1. The number of rotatable bonds is 7. The van der Waals surface area contributed by atoms with Gasteiger partial charge in [0.05, 0.1) is 28.6 Å². The number of benzene rings is 2. The fraction of sp³-hybridized carbons (Fsp3) is 0.480. The summed E-state index contributed by atoms with van der Waals surface area (Å²) in [5.74, 6) is -1.20. The maximum Gasteiger partial charge on any atom is 0.243 e. The van der Waals surface area contributed by atoms with Crippen molar-refractivity contribution in [2.75, 3.05) is 19.7 Å². The van der Waals surface area contributed by atoms with Crippen LogP contribution in [0.4, 0.5) is 8.78 Å². The van der Waals surface area contributed by atoms with Crippen molar-refractivity contribution in [3.05, 3.63) is 53.6 Å². The van der Waals surface area contributed by atoms with Crippen molar-refractivity contribution < 1.29 is 21.9 Å². The Morgan fingerprint density at radius 1 is 1.17 bits per heavy atom. The first kappa shape index (κ1) is 24.7. The van der Waals surface area contributed by atoms with Crippen LogP contribution in [0.3, 0.4) is 0 Å². The van der Waals surface area contributed by atoms with Crippen LogP contribution >= 0.6 is 11.8 Å². The molecule has 3 aromatic rings. The van der Waals surface area contributed by atoms with Crippen LogP contribution in [0.15, 0.2) is 46.5 Å². The molecule has 10 heteroatoms. The van der Waals surface area contributed by atoms with Crippen molar-refractivity contribution in [2.24, 2.45) is 5.92 Å². The quantitative estimate of drug-likeness (QED) is 0.400. The van der Waals surface area contributed by atoms with Gasteiger partial charge in [0.2, 0.25) is 10.0 Å². The van der Waals surface area contributed by atoms with Gasteiger partial charge in [-0.05, 0) is 55.9 Å². The molecule has 1 aromatic heterocycles. The van der Waals surface area contributed by atoms with Gasteiger partial charge in [0.1, 0.15) is 0 Å². The molecule has 188 valence electrons. The minimum Gasteiger partial charge on any atom is -0.376 e. The van der Waals surface area contributed by atoms with Gasteiger partial charge >= 0.3 is 0 Å². The van der Waals surface area contributed by atoms with Crippen LogP contribution in [-0.2, 0) is 27.1 Å². The number of imidazole rings is 1. The molecule has 35 heavy (non-hydrogen) atoms. The Balaban J connectivity index is 1.48. The third-order valence-corrected chi connectivity index (χ3v) is 9.63. The van der Waals surface area contributed by atoms with Crippen LogP contribution in [0.25, 0.3) is 11.0 Å². The Morgan fingerprint density at radius 2 is 2.03 bits per heavy atom. The highest BCUT2D eigenvalue weighted by Gasteiger charge is 2.29. The predicted octanol–water partition coefficient (Wildman–Crippen LogP) is 5.21. The third kappa shape index (κ3) is 5.12. The molecular formula is C25H29F2N3O3S2. The molecule has 0 saturated carbocycles. The van der Waals surface area contributed by atoms with Crippen LogP contribution in [0, 0.1) is 17.6 Å². The number of hydrogen-bond donors (Lipinski definition) is 0. The van der Waals surface area contributed by atoms with E-state index in [0.717, 1.165) is 37.3 Å². The highest BCUT2D eigenvalue weighted by Crippen LogP contribution is 2.32. The van der Waals surface area contributed by atoms with Gasteiger partial charge in [0.25, 0.3) is 0 Å². The standard InChI is InChI=1S/C25H29F2N3O3S2/c1-17-5-3-11-29(14-17)35(31,32)20-9-10-23-22(13-20)28-25(30(23)15-19-7-4-12-33-19)34-16-18-6-2-8-21(26)24(18)27/h2,6,8-10,13,17,19H,3-5,7,11-12,14-16H2,1H3/t17-,19+/m1/s1. The van der Waals surface area contributed by atoms with Crippen molar-refractivity contribution in [2.45, 2.75) is 61.1 Å². The minimum atomic E-state index is -3.62. The molecule has 2 fully saturated rings. The number of fused-ring (bicyclic) bond motifs is 1. The van der Waals surface area contributed by atoms with E-state index in [2.05, 4.69) is 6.92 Å². The summed E-state index contributed by atoms with van der Waals surface area (Å²) >= 11 is 1.30. The summed E-state index contributed by atoms with van der Waals surface area (Å²) in [5.41, 5.74) is 1.62. The van der Waals surface area contributed by atoms with E-state index < -0.39 is 21.7 Å². The van der Waals surface area contributed by atoms with Crippen LogP contribution < -0.4 is 0 Å². The van der Waals surface area contributed by atoms with Crippen molar-refractivity contribution >= 4 is 32.8 Å². The molecule has 2 saturated heterocycles. The molecule has 0 radical (unpaired) electrons. The van der Waals surface area contributed by atoms with Gasteiger partial charge in [-0.2, -0.15) is 4.31 Å². The Morgan fingerprint density at radius 3 is 2.80 bits per heavy atom. The van der Waals surface area contributed by atoms with Crippen LogP contribution in [0.2, 0.25) is 0 Å². The lowest BCUT2D eigenvalue weighted by Crippen LogP contribution is -2.39. The normalized spacial score (nSPS) is 21.7. The van der Waals surface area contributed by atoms with E-state index in [1.165, 1.54) is 17.8 Å². The number of piperidine rings is 1. The molecule has 0 unspecified atom stereocenters. The fourth-order valence-electron chi connectivity index (χ4n) is 4.84.